The first-order chi connectivity index (χ1) is 16.8. The van der Waals surface area contributed by atoms with Crippen LogP contribution < -0.4 is 5.32 Å². The molecule has 3 rings (SSSR count). The number of nitrogens with one attached hydrogen (secondary N) is 1. The Balaban J connectivity index is 0.000000625. The van der Waals surface area contributed by atoms with Gasteiger partial charge in [-0.15, -0.1) is 0 Å². The highest BCUT2D eigenvalue weighted by atomic mass is 19.2. The molecule has 3 aromatic rings. The lowest BCUT2D eigenvalue weighted by Gasteiger charge is -2.30. The van der Waals surface area contributed by atoms with E-state index in [-0.39, 0.29) is 24.0 Å². The lowest BCUT2D eigenvalue weighted by molar-refractivity contribution is -0.129. The van der Waals surface area contributed by atoms with Gasteiger partial charge in [-0.25, -0.2) is 8.78 Å². The molecular weight excluding hydrogens is 444 g/mol. The van der Waals surface area contributed by atoms with Gasteiger partial charge < -0.3 is 5.32 Å². The van der Waals surface area contributed by atoms with E-state index in [4.69, 9.17) is 0 Å². The van der Waals surface area contributed by atoms with Gasteiger partial charge in [-0.05, 0) is 35.6 Å². The Morgan fingerprint density at radius 3 is 1.91 bits per heavy atom. The van der Waals surface area contributed by atoms with Crippen molar-refractivity contribution in [3.8, 4) is 0 Å². The van der Waals surface area contributed by atoms with Crippen molar-refractivity contribution < 1.29 is 18.4 Å². The molecule has 3 unspecified atom stereocenters. The largest absolute Gasteiger partial charge is 0.359 e. The van der Waals surface area contributed by atoms with Crippen LogP contribution in [0.3, 0.4) is 0 Å². The number of carbonyl (C=O) groups excluding carboxylic acids is 2. The fraction of sp³-hybridized carbons (Fsp3) is 0.267. The van der Waals surface area contributed by atoms with Crippen molar-refractivity contribution >= 4 is 11.7 Å². The summed E-state index contributed by atoms with van der Waals surface area (Å²) >= 11 is 0. The first kappa shape index (κ1) is 27.6. The molecule has 0 aliphatic carbocycles. The third-order valence-corrected chi connectivity index (χ3v) is 6.04. The molecular formula is C30H33F2NO2. The van der Waals surface area contributed by atoms with Crippen LogP contribution in [0.1, 0.15) is 37.3 Å². The van der Waals surface area contributed by atoms with Gasteiger partial charge in [-0.3, -0.25) is 9.59 Å². The predicted molar refractivity (Wildman–Crippen MR) is 137 cm³/mol. The Labute approximate surface area is 206 Å². The molecule has 0 saturated heterocycles. The van der Waals surface area contributed by atoms with Gasteiger partial charge in [0, 0.05) is 13.5 Å². The molecule has 0 saturated carbocycles. The van der Waals surface area contributed by atoms with Crippen molar-refractivity contribution in [1.29, 1.82) is 0 Å². The first-order valence-corrected chi connectivity index (χ1v) is 11.7. The number of amides is 1. The summed E-state index contributed by atoms with van der Waals surface area (Å²) in [5.41, 5.74) is 1.73. The minimum absolute atomic E-state index is 0.0413. The zero-order valence-corrected chi connectivity index (χ0v) is 20.5. The van der Waals surface area contributed by atoms with Crippen molar-refractivity contribution in [1.82, 2.24) is 5.32 Å². The molecule has 0 heterocycles. The molecule has 5 heteroatoms. The van der Waals surface area contributed by atoms with E-state index in [1.165, 1.54) is 13.1 Å². The maximum atomic E-state index is 13.6. The Kier molecular flexibility index (Phi) is 11.0. The van der Waals surface area contributed by atoms with Crippen LogP contribution in [0.15, 0.2) is 97.1 Å². The van der Waals surface area contributed by atoms with Gasteiger partial charge >= 0.3 is 0 Å². The third-order valence-electron chi connectivity index (χ3n) is 6.04. The molecule has 3 aromatic carbocycles. The Hall–Kier alpha value is -3.60. The fourth-order valence-electron chi connectivity index (χ4n) is 3.83. The lowest BCUT2D eigenvalue weighted by atomic mass is 9.73. The van der Waals surface area contributed by atoms with Crippen molar-refractivity contribution in [3.63, 3.8) is 0 Å². The van der Waals surface area contributed by atoms with Crippen molar-refractivity contribution in [3.05, 3.63) is 120 Å². The van der Waals surface area contributed by atoms with E-state index in [1.807, 2.05) is 56.3 Å². The standard InChI is InChI=1S/C24H27F2NO2.C6H6/c1-5-15(2)16(3)22(24(29)27-4)23(18-9-7-6-8-10-18)21(28)14-17-11-12-19(25)20(26)13-17;1-2-4-6-5-3-1/h6-13,15,22-23H,3,5,14H2,1-2,4H3,(H,27,29);1-6H. The number of Topliss-reactive ketones (excluding diaryl/α,β-unsaturated/α-hetero) is 1. The molecule has 1 N–H and O–H groups in total. The predicted octanol–water partition coefficient (Wildman–Crippen LogP) is 6.51. The van der Waals surface area contributed by atoms with Gasteiger partial charge in [0.2, 0.25) is 5.91 Å². The third kappa shape index (κ3) is 7.99. The molecule has 35 heavy (non-hydrogen) atoms. The van der Waals surface area contributed by atoms with Gasteiger partial charge in [0.05, 0.1) is 11.8 Å². The average molecular weight is 478 g/mol. The summed E-state index contributed by atoms with van der Waals surface area (Å²) in [6, 6.07) is 24.5. The van der Waals surface area contributed by atoms with Crippen LogP contribution in [-0.2, 0) is 16.0 Å². The zero-order valence-electron chi connectivity index (χ0n) is 20.5. The first-order valence-electron chi connectivity index (χ1n) is 11.7. The number of halogens is 2. The normalized spacial score (nSPS) is 12.9. The zero-order chi connectivity index (χ0) is 25.8. The molecule has 0 radical (unpaired) electrons. The number of ketones is 1. The van der Waals surface area contributed by atoms with E-state index in [2.05, 4.69) is 11.9 Å². The average Bonchev–Trinajstić information content (AvgIpc) is 2.89. The number of benzene rings is 3. The summed E-state index contributed by atoms with van der Waals surface area (Å²) in [4.78, 5) is 26.2. The van der Waals surface area contributed by atoms with E-state index in [1.54, 1.807) is 24.3 Å². The number of hydrogen-bond donors (Lipinski definition) is 1. The van der Waals surface area contributed by atoms with Crippen LogP contribution in [0, 0.1) is 23.5 Å². The van der Waals surface area contributed by atoms with Gasteiger partial charge in [0.15, 0.2) is 11.6 Å². The molecule has 0 bridgehead atoms. The molecule has 1 amide bonds. The molecule has 0 aromatic heterocycles. The summed E-state index contributed by atoms with van der Waals surface area (Å²) in [6.07, 6.45) is 0.670. The number of hydrogen-bond acceptors (Lipinski definition) is 2. The van der Waals surface area contributed by atoms with Gasteiger partial charge in [-0.1, -0.05) is 98.8 Å². The molecule has 0 aliphatic rings. The van der Waals surface area contributed by atoms with Gasteiger partial charge in [0.1, 0.15) is 5.78 Å². The van der Waals surface area contributed by atoms with Crippen LogP contribution in [0.25, 0.3) is 0 Å². The quantitative estimate of drug-likeness (QED) is 0.357. The van der Waals surface area contributed by atoms with Gasteiger partial charge in [0.25, 0.3) is 0 Å². The van der Waals surface area contributed by atoms with Crippen LogP contribution >= 0.6 is 0 Å². The maximum absolute atomic E-state index is 13.6. The minimum Gasteiger partial charge on any atom is -0.359 e. The van der Waals surface area contributed by atoms with Crippen LogP contribution in [-0.4, -0.2) is 18.7 Å². The topological polar surface area (TPSA) is 46.2 Å². The highest BCUT2D eigenvalue weighted by Crippen LogP contribution is 2.36. The van der Waals surface area contributed by atoms with E-state index in [9.17, 15) is 18.4 Å². The van der Waals surface area contributed by atoms with Crippen LogP contribution in [0.4, 0.5) is 8.78 Å². The molecule has 184 valence electrons. The van der Waals surface area contributed by atoms with E-state index in [0.29, 0.717) is 16.7 Å². The monoisotopic (exact) mass is 477 g/mol. The Morgan fingerprint density at radius 2 is 1.43 bits per heavy atom. The smallest absolute Gasteiger partial charge is 0.228 e. The van der Waals surface area contributed by atoms with E-state index in [0.717, 1.165) is 18.6 Å². The molecule has 0 fully saturated rings. The van der Waals surface area contributed by atoms with Gasteiger partial charge in [-0.2, -0.15) is 0 Å². The summed E-state index contributed by atoms with van der Waals surface area (Å²) in [6.45, 7) is 8.10. The molecule has 0 aliphatic heterocycles. The van der Waals surface area contributed by atoms with E-state index < -0.39 is 23.5 Å². The second-order valence-corrected chi connectivity index (χ2v) is 8.41. The molecule has 3 nitrogen and oxygen atoms in total. The molecule has 0 spiro atoms. The van der Waals surface area contributed by atoms with Crippen LogP contribution in [0.2, 0.25) is 0 Å². The second-order valence-electron chi connectivity index (χ2n) is 8.41. The van der Waals surface area contributed by atoms with Crippen molar-refractivity contribution in [2.24, 2.45) is 11.8 Å². The highest BCUT2D eigenvalue weighted by Gasteiger charge is 2.37. The maximum Gasteiger partial charge on any atom is 0.228 e. The fourth-order valence-corrected chi connectivity index (χ4v) is 3.83. The second kappa shape index (κ2) is 14.0. The minimum atomic E-state index is -1.00. The number of carbonyl (C=O) groups is 2. The van der Waals surface area contributed by atoms with Crippen LogP contribution in [0.5, 0.6) is 0 Å². The summed E-state index contributed by atoms with van der Waals surface area (Å²) < 4.78 is 26.9. The lowest BCUT2D eigenvalue weighted by Crippen LogP contribution is -2.38. The Bertz CT molecular complexity index is 1070. The summed E-state index contributed by atoms with van der Waals surface area (Å²) in [5, 5.41) is 2.65. The van der Waals surface area contributed by atoms with Crippen molar-refractivity contribution in [2.45, 2.75) is 32.6 Å². The molecule has 3 atom stereocenters. The van der Waals surface area contributed by atoms with Crippen molar-refractivity contribution in [2.75, 3.05) is 7.05 Å². The summed E-state index contributed by atoms with van der Waals surface area (Å²) in [7, 11) is 1.53. The SMILES string of the molecule is C=C(C(C)CC)C(C(=O)NC)C(C(=O)Cc1ccc(F)c(F)c1)c1ccccc1.c1ccccc1. The number of rotatable bonds is 9. The Morgan fingerprint density at radius 1 is 0.886 bits per heavy atom. The van der Waals surface area contributed by atoms with E-state index >= 15 is 0 Å². The highest BCUT2D eigenvalue weighted by molar-refractivity contribution is 5.95. The summed E-state index contributed by atoms with van der Waals surface area (Å²) in [5.74, 6) is -3.99.